The maximum absolute atomic E-state index is 13.2. The molecule has 0 aliphatic heterocycles. The molecule has 7 heteroatoms. The molecule has 0 spiro atoms. The van der Waals surface area contributed by atoms with E-state index >= 15 is 0 Å². The SMILES string of the molecule is COC(=O)[C@H](N)c1c(F)ccc(F)c1Cl.Cl. The van der Waals surface area contributed by atoms with Crippen molar-refractivity contribution in [1.29, 1.82) is 0 Å². The fourth-order valence-corrected chi connectivity index (χ4v) is 1.34. The maximum Gasteiger partial charge on any atom is 0.327 e. The minimum absolute atomic E-state index is 0. The van der Waals surface area contributed by atoms with Crippen LogP contribution in [0.4, 0.5) is 8.78 Å². The van der Waals surface area contributed by atoms with Gasteiger partial charge in [-0.25, -0.2) is 8.78 Å². The van der Waals surface area contributed by atoms with Crippen LogP contribution in [0.1, 0.15) is 11.6 Å². The molecule has 2 N–H and O–H groups in total. The van der Waals surface area contributed by atoms with E-state index in [4.69, 9.17) is 17.3 Å². The van der Waals surface area contributed by atoms with Crippen LogP contribution in [0.2, 0.25) is 5.02 Å². The van der Waals surface area contributed by atoms with E-state index in [1.54, 1.807) is 0 Å². The van der Waals surface area contributed by atoms with E-state index in [9.17, 15) is 13.6 Å². The molecule has 0 fully saturated rings. The van der Waals surface area contributed by atoms with E-state index in [1.165, 1.54) is 0 Å². The van der Waals surface area contributed by atoms with Crippen molar-refractivity contribution in [2.75, 3.05) is 7.11 Å². The number of carbonyl (C=O) groups excluding carboxylic acids is 1. The molecule has 1 aromatic carbocycles. The van der Waals surface area contributed by atoms with Crippen molar-refractivity contribution in [2.45, 2.75) is 6.04 Å². The molecule has 0 aromatic heterocycles. The number of methoxy groups -OCH3 is 1. The first-order valence-electron chi connectivity index (χ1n) is 3.95. The first-order valence-corrected chi connectivity index (χ1v) is 4.33. The van der Waals surface area contributed by atoms with Gasteiger partial charge in [0, 0.05) is 5.56 Å². The van der Waals surface area contributed by atoms with E-state index in [-0.39, 0.29) is 12.4 Å². The number of rotatable bonds is 2. The Hall–Kier alpha value is -0.910. The zero-order chi connectivity index (χ0) is 11.6. The van der Waals surface area contributed by atoms with E-state index in [0.29, 0.717) is 0 Å². The smallest absolute Gasteiger partial charge is 0.327 e. The summed E-state index contributed by atoms with van der Waals surface area (Å²) < 4.78 is 30.5. The van der Waals surface area contributed by atoms with Gasteiger partial charge in [-0.1, -0.05) is 11.6 Å². The highest BCUT2D eigenvalue weighted by Gasteiger charge is 2.24. The van der Waals surface area contributed by atoms with Crippen LogP contribution < -0.4 is 5.73 Å². The molecular formula is C9H9Cl2F2NO2. The lowest BCUT2D eigenvalue weighted by molar-refractivity contribution is -0.142. The highest BCUT2D eigenvalue weighted by Crippen LogP contribution is 2.27. The number of hydrogen-bond donors (Lipinski definition) is 1. The first-order chi connectivity index (χ1) is 6.99. The summed E-state index contributed by atoms with van der Waals surface area (Å²) in [6, 6.07) is 0.267. The zero-order valence-corrected chi connectivity index (χ0v) is 9.74. The van der Waals surface area contributed by atoms with Gasteiger partial charge in [-0.2, -0.15) is 0 Å². The minimum Gasteiger partial charge on any atom is -0.468 e. The van der Waals surface area contributed by atoms with Gasteiger partial charge in [-0.3, -0.25) is 4.79 Å². The normalized spacial score (nSPS) is 11.6. The van der Waals surface area contributed by atoms with Crippen LogP contribution in [0.25, 0.3) is 0 Å². The number of halogens is 4. The number of benzene rings is 1. The predicted octanol–water partition coefficient (Wildman–Crippen LogP) is 2.21. The van der Waals surface area contributed by atoms with Gasteiger partial charge < -0.3 is 10.5 Å². The van der Waals surface area contributed by atoms with Crippen molar-refractivity contribution >= 4 is 30.0 Å². The van der Waals surface area contributed by atoms with Crippen molar-refractivity contribution in [3.05, 3.63) is 34.4 Å². The molecule has 90 valence electrons. The van der Waals surface area contributed by atoms with Crippen LogP contribution in [-0.4, -0.2) is 13.1 Å². The van der Waals surface area contributed by atoms with Gasteiger partial charge in [-0.15, -0.1) is 12.4 Å². The molecule has 0 saturated heterocycles. The molecule has 16 heavy (non-hydrogen) atoms. The molecule has 0 bridgehead atoms. The Morgan fingerprint density at radius 1 is 1.44 bits per heavy atom. The topological polar surface area (TPSA) is 52.3 Å². The molecule has 0 saturated carbocycles. The third kappa shape index (κ3) is 2.81. The lowest BCUT2D eigenvalue weighted by atomic mass is 10.1. The van der Waals surface area contributed by atoms with Crippen molar-refractivity contribution < 1.29 is 18.3 Å². The lowest BCUT2D eigenvalue weighted by Gasteiger charge is -2.12. The lowest BCUT2D eigenvalue weighted by Crippen LogP contribution is -2.24. The molecule has 0 radical (unpaired) electrons. The van der Waals surface area contributed by atoms with Crippen molar-refractivity contribution in [1.82, 2.24) is 0 Å². The Kier molecular flexibility index (Phi) is 5.64. The van der Waals surface area contributed by atoms with E-state index in [0.717, 1.165) is 19.2 Å². The van der Waals surface area contributed by atoms with E-state index in [2.05, 4.69) is 4.74 Å². The second-order valence-corrected chi connectivity index (χ2v) is 3.14. The Morgan fingerprint density at radius 2 is 1.94 bits per heavy atom. The Labute approximate surface area is 102 Å². The first kappa shape index (κ1) is 15.1. The minimum atomic E-state index is -1.43. The van der Waals surface area contributed by atoms with Gasteiger partial charge in [0.2, 0.25) is 0 Å². The average Bonchev–Trinajstić information content (AvgIpc) is 2.22. The summed E-state index contributed by atoms with van der Waals surface area (Å²) in [7, 11) is 1.09. The Morgan fingerprint density at radius 3 is 2.44 bits per heavy atom. The molecule has 3 nitrogen and oxygen atoms in total. The van der Waals surface area contributed by atoms with Gasteiger partial charge in [0.25, 0.3) is 0 Å². The second-order valence-electron chi connectivity index (χ2n) is 2.76. The molecular weight excluding hydrogens is 263 g/mol. The molecule has 0 amide bonds. The summed E-state index contributed by atoms with van der Waals surface area (Å²) in [5.41, 5.74) is 4.95. The summed E-state index contributed by atoms with van der Waals surface area (Å²) in [5.74, 6) is -2.58. The van der Waals surface area contributed by atoms with Crippen LogP contribution in [-0.2, 0) is 9.53 Å². The summed E-state index contributed by atoms with van der Waals surface area (Å²) in [4.78, 5) is 11.0. The van der Waals surface area contributed by atoms with Gasteiger partial charge in [-0.05, 0) is 12.1 Å². The van der Waals surface area contributed by atoms with Crippen LogP contribution in [0.3, 0.4) is 0 Å². The number of hydrogen-bond acceptors (Lipinski definition) is 3. The van der Waals surface area contributed by atoms with Crippen molar-refractivity contribution in [2.24, 2.45) is 5.73 Å². The number of carbonyl (C=O) groups is 1. The van der Waals surface area contributed by atoms with Crippen molar-refractivity contribution in [3.8, 4) is 0 Å². The summed E-state index contributed by atoms with van der Waals surface area (Å²) in [6.45, 7) is 0. The van der Waals surface area contributed by atoms with Crippen molar-refractivity contribution in [3.63, 3.8) is 0 Å². The summed E-state index contributed by atoms with van der Waals surface area (Å²) in [5, 5.41) is -0.507. The van der Waals surface area contributed by atoms with Crippen LogP contribution >= 0.6 is 24.0 Å². The number of ether oxygens (including phenoxy) is 1. The Bertz CT molecular complexity index is 401. The maximum atomic E-state index is 13.2. The second kappa shape index (κ2) is 5.98. The number of nitrogens with two attached hydrogens (primary N) is 1. The predicted molar refractivity (Wildman–Crippen MR) is 57.6 cm³/mol. The molecule has 0 heterocycles. The zero-order valence-electron chi connectivity index (χ0n) is 8.17. The highest BCUT2D eigenvalue weighted by molar-refractivity contribution is 6.31. The summed E-state index contributed by atoms with van der Waals surface area (Å²) in [6.07, 6.45) is 0. The molecule has 1 atom stereocenters. The Balaban J connectivity index is 0.00000225. The van der Waals surface area contributed by atoms with Crippen LogP contribution in [0.15, 0.2) is 12.1 Å². The third-order valence-electron chi connectivity index (χ3n) is 1.85. The summed E-state index contributed by atoms with van der Waals surface area (Å²) >= 11 is 5.49. The molecule has 0 unspecified atom stereocenters. The van der Waals surface area contributed by atoms with Crippen LogP contribution in [0, 0.1) is 11.6 Å². The largest absolute Gasteiger partial charge is 0.468 e. The standard InChI is InChI=1S/C9H8ClF2NO2.ClH/c1-15-9(14)8(13)6-4(11)2-3-5(12)7(6)10;/h2-3,8H,13H2,1H3;1H/t8-;/m1./s1. The third-order valence-corrected chi connectivity index (χ3v) is 2.23. The van der Waals surface area contributed by atoms with Crippen LogP contribution in [0.5, 0.6) is 0 Å². The van der Waals surface area contributed by atoms with E-state index < -0.39 is 34.2 Å². The molecule has 0 aliphatic rings. The fourth-order valence-electron chi connectivity index (χ4n) is 1.07. The molecule has 0 aliphatic carbocycles. The highest BCUT2D eigenvalue weighted by atomic mass is 35.5. The average molecular weight is 272 g/mol. The van der Waals surface area contributed by atoms with Gasteiger partial charge in [0.05, 0.1) is 12.1 Å². The van der Waals surface area contributed by atoms with Gasteiger partial charge >= 0.3 is 5.97 Å². The monoisotopic (exact) mass is 271 g/mol. The quantitative estimate of drug-likeness (QED) is 0.663. The fraction of sp³-hybridized carbons (Fsp3) is 0.222. The molecule has 1 aromatic rings. The number of esters is 1. The van der Waals surface area contributed by atoms with Gasteiger partial charge in [0.15, 0.2) is 0 Å². The molecule has 1 rings (SSSR count). The van der Waals surface area contributed by atoms with Gasteiger partial charge in [0.1, 0.15) is 17.7 Å². The van der Waals surface area contributed by atoms with E-state index in [1.807, 2.05) is 0 Å².